The van der Waals surface area contributed by atoms with Crippen molar-refractivity contribution in [2.24, 2.45) is 15.1 Å². The van der Waals surface area contributed by atoms with Crippen molar-refractivity contribution in [2.45, 2.75) is 0 Å². The summed E-state index contributed by atoms with van der Waals surface area (Å²) < 4.78 is 10.6. The van der Waals surface area contributed by atoms with Gasteiger partial charge in [0.05, 0.1) is 32.8 Å². The molecule has 0 fully saturated rings. The number of anilines is 1. The minimum absolute atomic E-state index is 0.0277. The average Bonchev–Trinajstić information content (AvgIpc) is 3.07. The van der Waals surface area contributed by atoms with Crippen LogP contribution in [0.5, 0.6) is 11.5 Å². The van der Waals surface area contributed by atoms with Gasteiger partial charge in [0.15, 0.2) is 17.7 Å². The van der Waals surface area contributed by atoms with E-state index >= 15 is 0 Å². The summed E-state index contributed by atoms with van der Waals surface area (Å²) in [5.41, 5.74) is 1.53. The first kappa shape index (κ1) is 15.9. The Morgan fingerprint density at radius 3 is 2.62 bits per heavy atom. The monoisotopic (exact) mass is 350 g/mol. The van der Waals surface area contributed by atoms with E-state index in [1.54, 1.807) is 39.0 Å². The van der Waals surface area contributed by atoms with Gasteiger partial charge < -0.3 is 14.8 Å². The lowest BCUT2D eigenvalue weighted by Crippen LogP contribution is -2.44. The molecule has 2 aliphatic heterocycles. The number of quaternary nitrogens is 1. The van der Waals surface area contributed by atoms with Gasteiger partial charge in [-0.25, -0.2) is 9.97 Å². The maximum absolute atomic E-state index is 5.33. The number of guanidine groups is 1. The van der Waals surface area contributed by atoms with Crippen molar-refractivity contribution in [2.75, 3.05) is 19.5 Å². The maximum atomic E-state index is 5.33. The number of hydrogen-bond acceptors (Lipinski definition) is 8. The molecule has 0 saturated carbocycles. The third kappa shape index (κ3) is 2.60. The summed E-state index contributed by atoms with van der Waals surface area (Å²) in [6.45, 7) is 0. The quantitative estimate of drug-likeness (QED) is 0.853. The fourth-order valence-corrected chi connectivity index (χ4v) is 2.72. The summed E-state index contributed by atoms with van der Waals surface area (Å²) in [7, 11) is 3.18. The second-order valence-electron chi connectivity index (χ2n) is 5.45. The Hall–Kier alpha value is -3.59. The second kappa shape index (κ2) is 6.37. The summed E-state index contributed by atoms with van der Waals surface area (Å²) in [6, 6.07) is 5.49. The van der Waals surface area contributed by atoms with Gasteiger partial charge in [0.25, 0.3) is 11.8 Å². The lowest BCUT2D eigenvalue weighted by molar-refractivity contribution is 0.355. The summed E-state index contributed by atoms with van der Waals surface area (Å²) >= 11 is 0. The zero-order valence-electron chi connectivity index (χ0n) is 14.2. The number of rotatable bonds is 4. The molecule has 1 unspecified atom stereocenters. The zero-order valence-corrected chi connectivity index (χ0v) is 14.2. The van der Waals surface area contributed by atoms with Crippen LogP contribution in [0.15, 0.2) is 64.4 Å². The molecule has 0 radical (unpaired) electrons. The number of amidine groups is 1. The highest BCUT2D eigenvalue weighted by Gasteiger charge is 2.43. The van der Waals surface area contributed by atoms with Crippen LogP contribution in [0.2, 0.25) is 0 Å². The van der Waals surface area contributed by atoms with Crippen molar-refractivity contribution in [3.8, 4) is 11.5 Å². The van der Waals surface area contributed by atoms with Gasteiger partial charge in [-0.05, 0) is 17.2 Å². The number of aromatic nitrogens is 2. The first-order valence-electron chi connectivity index (χ1n) is 7.79. The van der Waals surface area contributed by atoms with E-state index in [2.05, 4.69) is 25.3 Å². The molecule has 1 N–H and O–H groups in total. The van der Waals surface area contributed by atoms with Crippen molar-refractivity contribution in [1.82, 2.24) is 14.6 Å². The van der Waals surface area contributed by atoms with Crippen LogP contribution in [0, 0.1) is 0 Å². The minimum Gasteiger partial charge on any atom is -0.493 e. The van der Waals surface area contributed by atoms with E-state index in [0.29, 0.717) is 23.3 Å². The van der Waals surface area contributed by atoms with Crippen LogP contribution in [-0.2, 0) is 0 Å². The summed E-state index contributed by atoms with van der Waals surface area (Å²) in [6.07, 6.45) is 10.0. The molecule has 9 heteroatoms. The van der Waals surface area contributed by atoms with Crippen LogP contribution in [0.3, 0.4) is 0 Å². The molecular formula is C17H16N7O2+. The highest BCUT2D eigenvalue weighted by atomic mass is 16.5. The molecule has 0 aliphatic carbocycles. The molecule has 3 heterocycles. The first-order chi connectivity index (χ1) is 12.7. The molecule has 1 atom stereocenters. The molecule has 1 aromatic heterocycles. The van der Waals surface area contributed by atoms with Crippen LogP contribution in [-0.4, -0.2) is 42.2 Å². The Kier molecular flexibility index (Phi) is 3.90. The number of ether oxygens (including phenoxy) is 2. The topological polar surface area (TPSA) is 93.3 Å². The third-order valence-corrected chi connectivity index (χ3v) is 3.96. The van der Waals surface area contributed by atoms with Gasteiger partial charge in [-0.15, -0.1) is 0 Å². The molecule has 1 aromatic carbocycles. The molecule has 2 aromatic rings. The summed E-state index contributed by atoms with van der Waals surface area (Å²) in [4.78, 5) is 16.9. The number of nitrogens with zero attached hydrogens (tertiary/aromatic N) is 6. The van der Waals surface area contributed by atoms with Crippen molar-refractivity contribution in [3.05, 3.63) is 49.3 Å². The summed E-state index contributed by atoms with van der Waals surface area (Å²) in [5, 5.41) is 7.91. The van der Waals surface area contributed by atoms with E-state index in [-0.39, 0.29) is 4.59 Å². The van der Waals surface area contributed by atoms with Gasteiger partial charge in [0.1, 0.15) is 12.5 Å². The maximum Gasteiger partial charge on any atom is 0.287 e. The Morgan fingerprint density at radius 1 is 1.04 bits per heavy atom. The molecule has 130 valence electrons. The number of fused-ring (bicyclic) bond motifs is 1. The Morgan fingerprint density at radius 2 is 1.85 bits per heavy atom. The van der Waals surface area contributed by atoms with Crippen LogP contribution in [0.4, 0.5) is 11.4 Å². The van der Waals surface area contributed by atoms with Crippen LogP contribution >= 0.6 is 0 Å². The van der Waals surface area contributed by atoms with E-state index in [0.717, 1.165) is 11.4 Å². The van der Waals surface area contributed by atoms with E-state index < -0.39 is 0 Å². The number of nitrogens with one attached hydrogen (secondary N) is 1. The molecular weight excluding hydrogens is 334 g/mol. The fraction of sp³-hybridized carbons (Fsp3) is 0.118. The summed E-state index contributed by atoms with van der Waals surface area (Å²) in [5.74, 6) is 2.35. The predicted octanol–water partition coefficient (Wildman–Crippen LogP) is 2.15. The molecule has 0 amide bonds. The molecule has 26 heavy (non-hydrogen) atoms. The standard InChI is InChI=1S/C17H16N7O2/c1-25-14-4-3-12(7-15(14)26-2)21-17-22-16-10-18-5-6-24(16,23-17)13-8-19-11-20-9-13/h3-11H,1-2H3,(H,21,23)/q+1. The average molecular weight is 350 g/mol. The van der Waals surface area contributed by atoms with E-state index in [4.69, 9.17) is 14.6 Å². The number of benzene rings is 1. The third-order valence-electron chi connectivity index (χ3n) is 3.96. The normalized spacial score (nSPS) is 20.2. The molecule has 0 spiro atoms. The Labute approximate surface area is 149 Å². The highest BCUT2D eigenvalue weighted by molar-refractivity contribution is 6.38. The van der Waals surface area contributed by atoms with Gasteiger partial charge in [-0.3, -0.25) is 4.99 Å². The van der Waals surface area contributed by atoms with Gasteiger partial charge >= 0.3 is 0 Å². The van der Waals surface area contributed by atoms with Crippen molar-refractivity contribution < 1.29 is 9.47 Å². The van der Waals surface area contributed by atoms with Crippen LogP contribution in [0.1, 0.15) is 0 Å². The van der Waals surface area contributed by atoms with Crippen molar-refractivity contribution in [3.63, 3.8) is 0 Å². The van der Waals surface area contributed by atoms with Gasteiger partial charge in [-0.1, -0.05) is 4.59 Å². The van der Waals surface area contributed by atoms with E-state index in [1.807, 2.05) is 24.4 Å². The molecule has 0 bridgehead atoms. The lowest BCUT2D eigenvalue weighted by atomic mass is 10.3. The van der Waals surface area contributed by atoms with Crippen molar-refractivity contribution in [1.29, 1.82) is 0 Å². The first-order valence-corrected chi connectivity index (χ1v) is 7.79. The molecule has 0 saturated heterocycles. The SMILES string of the molecule is COc1ccc(NC2=N[N+]3(c4cncnc4)C=CN=CC3=N2)cc1OC. The lowest BCUT2D eigenvalue weighted by Gasteiger charge is -2.22. The van der Waals surface area contributed by atoms with Crippen LogP contribution < -0.4 is 19.4 Å². The largest absolute Gasteiger partial charge is 0.493 e. The Bertz CT molecular complexity index is 953. The minimum atomic E-state index is 0.0277. The smallest absolute Gasteiger partial charge is 0.287 e. The van der Waals surface area contributed by atoms with Crippen molar-refractivity contribution >= 4 is 29.4 Å². The fourth-order valence-electron chi connectivity index (χ4n) is 2.72. The number of hydrogen-bond donors (Lipinski definition) is 1. The molecule has 4 rings (SSSR count). The highest BCUT2D eigenvalue weighted by Crippen LogP contribution is 2.32. The predicted molar refractivity (Wildman–Crippen MR) is 99.5 cm³/mol. The Balaban J connectivity index is 1.69. The van der Waals surface area contributed by atoms with E-state index in [9.17, 15) is 0 Å². The second-order valence-corrected chi connectivity index (χ2v) is 5.45. The van der Waals surface area contributed by atoms with Crippen LogP contribution in [0.25, 0.3) is 0 Å². The van der Waals surface area contributed by atoms with Gasteiger partial charge in [0.2, 0.25) is 5.69 Å². The molecule has 2 aliphatic rings. The van der Waals surface area contributed by atoms with E-state index in [1.165, 1.54) is 6.33 Å². The van der Waals surface area contributed by atoms with Gasteiger partial charge in [-0.2, -0.15) is 4.99 Å². The number of aliphatic imine (C=N–C) groups is 2. The zero-order chi connectivity index (χ0) is 18.0. The van der Waals surface area contributed by atoms with Gasteiger partial charge in [0, 0.05) is 11.8 Å². The molecule has 9 nitrogen and oxygen atoms in total. The number of methoxy groups -OCH3 is 2.